The second-order valence-corrected chi connectivity index (χ2v) is 25.2. The van der Waals surface area contributed by atoms with E-state index in [-0.39, 0.29) is 57.7 Å². The molecular weight excluding hydrogens is 800 g/mol. The molecule has 10 nitrogen and oxygen atoms in total. The molecule has 2 saturated heterocycles. The van der Waals surface area contributed by atoms with E-state index in [1.165, 1.54) is 0 Å². The van der Waals surface area contributed by atoms with Gasteiger partial charge in [-0.2, -0.15) is 40.8 Å². The Balaban J connectivity index is 0.000000536. The third-order valence-corrected chi connectivity index (χ3v) is 13.0. The number of nitrogens with one attached hydrogen (secondary N) is 1. The van der Waals surface area contributed by atoms with Crippen molar-refractivity contribution in [1.29, 1.82) is 0 Å². The predicted octanol–water partition coefficient (Wildman–Crippen LogP) is 8.42. The second kappa shape index (κ2) is 24.0. The molecule has 0 bridgehead atoms. The van der Waals surface area contributed by atoms with Crippen LogP contribution in [0.1, 0.15) is 161 Å². The number of rotatable bonds is 10. The molecule has 2 heterocycles. The molecule has 0 spiro atoms. The van der Waals surface area contributed by atoms with Gasteiger partial charge in [0.05, 0.1) is 20.5 Å². The minimum absolute atomic E-state index is 0. The molecule has 2 aliphatic heterocycles. The summed E-state index contributed by atoms with van der Waals surface area (Å²) in [5.74, 6) is 0.811. The Hall–Kier alpha value is -2.49. The number of hydrogen-bond donors (Lipinski definition) is 1. The average Bonchev–Trinajstić information content (AvgIpc) is 3.60. The summed E-state index contributed by atoms with van der Waals surface area (Å²) in [6.45, 7) is 32.8. The number of carbonyl (C=O) groups excluding carboxylic acids is 2. The van der Waals surface area contributed by atoms with E-state index in [0.717, 1.165) is 44.1 Å². The number of amides is 2. The molecule has 2 fully saturated rings. The Morgan fingerprint density at radius 1 is 0.754 bits per heavy atom. The third kappa shape index (κ3) is 21.2. The summed E-state index contributed by atoms with van der Waals surface area (Å²) in [5.41, 5.74) is -0.245. The molecule has 13 heteroatoms. The smallest absolute Gasteiger partial charge is 0.444 e. The first kappa shape index (κ1) is 56.5. The van der Waals surface area contributed by atoms with Gasteiger partial charge in [0.15, 0.2) is 0 Å². The minimum Gasteiger partial charge on any atom is -0.444 e. The second-order valence-electron chi connectivity index (χ2n) is 21.3. The van der Waals surface area contributed by atoms with E-state index in [9.17, 15) is 18.0 Å². The van der Waals surface area contributed by atoms with Gasteiger partial charge in [0, 0.05) is 36.4 Å². The summed E-state index contributed by atoms with van der Waals surface area (Å²) >= 11 is 0. The summed E-state index contributed by atoms with van der Waals surface area (Å²) in [7, 11) is -2.34. The first-order chi connectivity index (χ1) is 27.4. The topological polar surface area (TPSA) is 118 Å². The normalized spacial score (nSPS) is 20.3. The molecule has 0 radical (unpaired) electrons. The zero-order valence-corrected chi connectivity index (χ0v) is 42.5. The Kier molecular flexibility index (Phi) is 22.2. The average molecular weight is 879 g/mol. The van der Waals surface area contributed by atoms with E-state index in [4.69, 9.17) is 9.47 Å². The quantitative estimate of drug-likeness (QED) is 0.146. The van der Waals surface area contributed by atoms with Crippen LogP contribution in [0.2, 0.25) is 0 Å². The van der Waals surface area contributed by atoms with Crippen LogP contribution < -0.4 is 23.6 Å². The van der Waals surface area contributed by atoms with Gasteiger partial charge >= 0.3 is 31.0 Å². The van der Waals surface area contributed by atoms with Crippen LogP contribution in [0.15, 0.2) is 65.1 Å². The van der Waals surface area contributed by atoms with E-state index >= 15 is 0 Å². The zero-order valence-electron chi connectivity index (χ0n) is 40.8. The standard InChI is InChI=1S/C24H40N2O3S.C18H34N2O3S.C6H5.Li/c1-22(2,3)29-21(27)26-17-18(16-24(26,7)8)14-15-20(19-12-10-9-11-13-19)25-30(28)23(4,5)6;1-16(2,3)23-15(21)20-13-14(12-18(20,7)8)10-9-11-19-24(22)17(4,5)6;1-2-4-6-5-3-1;/h9-13,18,20,25H,14-17H2,1-8H3;11,14H,9-10,12-13H2,1-8H3;1-5H;/q;;-1;+1/t18-,20?,30?;14-,24?;;/m00../s1. The molecular formula is C48H79LiN4O6S2. The number of hydrogen-bond acceptors (Lipinski definition) is 6. The number of likely N-dealkylation sites (tertiary alicyclic amines) is 2. The molecule has 3 unspecified atom stereocenters. The maximum absolute atomic E-state index is 12.8. The van der Waals surface area contributed by atoms with Crippen molar-refractivity contribution in [2.24, 2.45) is 16.2 Å². The molecule has 340 valence electrons. The number of benzene rings is 2. The zero-order chi connectivity index (χ0) is 45.7. The number of nitrogens with zero attached hydrogens (tertiary/aromatic N) is 3. The van der Waals surface area contributed by atoms with Gasteiger partial charge in [-0.3, -0.25) is 0 Å². The van der Waals surface area contributed by atoms with Crippen LogP contribution in [0.4, 0.5) is 9.59 Å². The van der Waals surface area contributed by atoms with Crippen LogP contribution in [-0.4, -0.2) is 81.5 Å². The van der Waals surface area contributed by atoms with E-state index < -0.39 is 33.2 Å². The summed E-state index contributed by atoms with van der Waals surface area (Å²) in [5, 5.41) is 0. The Labute approximate surface area is 387 Å². The van der Waals surface area contributed by atoms with Gasteiger partial charge in [-0.25, -0.2) is 22.7 Å². The maximum Gasteiger partial charge on any atom is 1.00 e. The van der Waals surface area contributed by atoms with Gasteiger partial charge in [-0.1, -0.05) is 30.3 Å². The Morgan fingerprint density at radius 2 is 1.20 bits per heavy atom. The van der Waals surface area contributed by atoms with Crippen molar-refractivity contribution in [2.75, 3.05) is 13.1 Å². The Bertz CT molecular complexity index is 1670. The molecule has 2 aromatic carbocycles. The number of ether oxygens (including phenoxy) is 2. The monoisotopic (exact) mass is 879 g/mol. The van der Waals surface area contributed by atoms with E-state index in [0.29, 0.717) is 24.9 Å². The van der Waals surface area contributed by atoms with Crippen molar-refractivity contribution < 1.29 is 46.3 Å². The molecule has 0 aliphatic carbocycles. The molecule has 1 N–H and O–H groups in total. The van der Waals surface area contributed by atoms with Crippen LogP contribution in [-0.2, 0) is 31.4 Å². The van der Waals surface area contributed by atoms with Crippen molar-refractivity contribution in [2.45, 2.75) is 187 Å². The van der Waals surface area contributed by atoms with Crippen LogP contribution in [0.25, 0.3) is 0 Å². The first-order valence-electron chi connectivity index (χ1n) is 21.5. The molecule has 5 atom stereocenters. The van der Waals surface area contributed by atoms with Crippen molar-refractivity contribution in [3.05, 3.63) is 72.3 Å². The third-order valence-electron chi connectivity index (χ3n) is 10.0. The fourth-order valence-corrected chi connectivity index (χ4v) is 8.48. The fraction of sp³-hybridized carbons (Fsp3) is 0.688. The van der Waals surface area contributed by atoms with Gasteiger partial charge in [0.25, 0.3) is 0 Å². The summed E-state index contributed by atoms with van der Waals surface area (Å²) < 4.78 is 42.6. The van der Waals surface area contributed by atoms with Gasteiger partial charge in [0.2, 0.25) is 0 Å². The SMILES string of the molecule is CC(C)(C)OC(=O)N1C[C@@H](CCC(NS(=O)C(C)(C)C)c2ccccc2)CC1(C)C.CC(C)(C)OC(=O)N1C[C@@H](CCC=NS(=O)C(C)(C)C)CC1(C)C.[Li+].[c-]1ccccc1. The van der Waals surface area contributed by atoms with Crippen LogP contribution in [0.3, 0.4) is 0 Å². The largest absolute Gasteiger partial charge is 1.00 e. The van der Waals surface area contributed by atoms with Gasteiger partial charge in [-0.15, -0.1) is 0 Å². The van der Waals surface area contributed by atoms with Gasteiger partial charge < -0.3 is 19.3 Å². The van der Waals surface area contributed by atoms with Crippen molar-refractivity contribution in [3.8, 4) is 0 Å². The summed E-state index contributed by atoms with van der Waals surface area (Å²) in [6, 6.07) is 22.7. The van der Waals surface area contributed by atoms with Gasteiger partial charge in [-0.05, 0) is 167 Å². The molecule has 2 aliphatic rings. The van der Waals surface area contributed by atoms with Crippen LogP contribution in [0, 0.1) is 17.9 Å². The van der Waals surface area contributed by atoms with Crippen molar-refractivity contribution in [3.63, 3.8) is 0 Å². The first-order valence-corrected chi connectivity index (χ1v) is 23.8. The molecule has 2 amide bonds. The van der Waals surface area contributed by atoms with Gasteiger partial charge in [0.1, 0.15) is 22.2 Å². The summed E-state index contributed by atoms with van der Waals surface area (Å²) in [6.07, 6.45) is 6.73. The Morgan fingerprint density at radius 3 is 1.57 bits per heavy atom. The van der Waals surface area contributed by atoms with Crippen molar-refractivity contribution in [1.82, 2.24) is 14.5 Å². The van der Waals surface area contributed by atoms with E-state index in [1.807, 2.05) is 141 Å². The van der Waals surface area contributed by atoms with Crippen LogP contribution >= 0.6 is 0 Å². The molecule has 0 aromatic heterocycles. The van der Waals surface area contributed by atoms with E-state index in [2.05, 4.69) is 55.0 Å². The molecule has 4 rings (SSSR count). The van der Waals surface area contributed by atoms with Crippen LogP contribution in [0.5, 0.6) is 0 Å². The minimum atomic E-state index is -1.20. The fourth-order valence-electron chi connectivity index (χ4n) is 7.06. The maximum atomic E-state index is 12.8. The molecule has 0 saturated carbocycles. The summed E-state index contributed by atoms with van der Waals surface area (Å²) in [4.78, 5) is 28.8. The number of carbonyl (C=O) groups is 2. The predicted molar refractivity (Wildman–Crippen MR) is 251 cm³/mol. The molecule has 61 heavy (non-hydrogen) atoms. The molecule has 2 aromatic rings. The van der Waals surface area contributed by atoms with E-state index in [1.54, 1.807) is 6.21 Å². The van der Waals surface area contributed by atoms with Crippen molar-refractivity contribution >= 4 is 40.4 Å².